The zero-order valence-corrected chi connectivity index (χ0v) is 13.6. The molecule has 0 aliphatic rings. The third-order valence-corrected chi connectivity index (χ3v) is 4.44. The highest BCUT2D eigenvalue weighted by molar-refractivity contribution is 6.31. The van der Waals surface area contributed by atoms with Gasteiger partial charge in [-0.2, -0.15) is 0 Å². The van der Waals surface area contributed by atoms with E-state index in [9.17, 15) is 0 Å². The molecular weight excluding hydrogens is 291 g/mol. The molecule has 0 fully saturated rings. The first-order chi connectivity index (χ1) is 9.43. The van der Waals surface area contributed by atoms with Gasteiger partial charge in [0, 0.05) is 5.02 Å². The Bertz CT molecular complexity index is 635. The van der Waals surface area contributed by atoms with Crippen molar-refractivity contribution in [2.24, 2.45) is 0 Å². The number of halogens is 2. The van der Waals surface area contributed by atoms with E-state index in [-0.39, 0.29) is 5.38 Å². The van der Waals surface area contributed by atoms with E-state index in [1.165, 1.54) is 0 Å². The molecule has 0 amide bonds. The molecule has 2 rings (SSSR count). The van der Waals surface area contributed by atoms with Crippen LogP contribution >= 0.6 is 23.2 Å². The molecule has 1 unspecified atom stereocenters. The van der Waals surface area contributed by atoms with Crippen molar-refractivity contribution >= 4 is 23.2 Å². The first-order valence-electron chi connectivity index (χ1n) is 6.49. The number of rotatable bonds is 3. The van der Waals surface area contributed by atoms with E-state index in [0.717, 1.165) is 38.6 Å². The average Bonchev–Trinajstić information content (AvgIpc) is 2.42. The van der Waals surface area contributed by atoms with Gasteiger partial charge in [0.15, 0.2) is 0 Å². The van der Waals surface area contributed by atoms with Crippen LogP contribution in [0.3, 0.4) is 0 Å². The zero-order chi connectivity index (χ0) is 14.9. The maximum absolute atomic E-state index is 6.64. The summed E-state index contributed by atoms with van der Waals surface area (Å²) < 4.78 is 5.36. The van der Waals surface area contributed by atoms with E-state index in [2.05, 4.69) is 6.07 Å². The van der Waals surface area contributed by atoms with Gasteiger partial charge < -0.3 is 4.74 Å². The summed E-state index contributed by atoms with van der Waals surface area (Å²) in [7, 11) is 1.67. The monoisotopic (exact) mass is 308 g/mol. The topological polar surface area (TPSA) is 9.23 Å². The molecule has 0 aliphatic carbocycles. The maximum atomic E-state index is 6.64. The highest BCUT2D eigenvalue weighted by Gasteiger charge is 2.16. The minimum absolute atomic E-state index is 0.208. The molecule has 0 saturated carbocycles. The van der Waals surface area contributed by atoms with Crippen molar-refractivity contribution in [1.82, 2.24) is 0 Å². The van der Waals surface area contributed by atoms with E-state index in [4.69, 9.17) is 27.9 Å². The lowest BCUT2D eigenvalue weighted by Gasteiger charge is -2.16. The van der Waals surface area contributed by atoms with Crippen LogP contribution < -0.4 is 4.74 Å². The van der Waals surface area contributed by atoms with Crippen LogP contribution in [0.2, 0.25) is 5.02 Å². The molecule has 106 valence electrons. The van der Waals surface area contributed by atoms with E-state index >= 15 is 0 Å². The third-order valence-electron chi connectivity index (χ3n) is 3.55. The molecule has 0 radical (unpaired) electrons. The van der Waals surface area contributed by atoms with Crippen LogP contribution in [0, 0.1) is 20.8 Å². The molecule has 0 N–H and O–H groups in total. The van der Waals surface area contributed by atoms with Crippen molar-refractivity contribution < 1.29 is 4.74 Å². The molecule has 0 spiro atoms. The SMILES string of the molecule is COc1cc(C(Cl)c2cc(C)c(Cl)cc2C)ccc1C. The fourth-order valence-corrected chi connectivity index (χ4v) is 2.84. The summed E-state index contributed by atoms with van der Waals surface area (Å²) in [5.41, 5.74) is 5.35. The van der Waals surface area contributed by atoms with Crippen LogP contribution in [-0.2, 0) is 0 Å². The summed E-state index contributed by atoms with van der Waals surface area (Å²) in [5, 5.41) is 0.567. The largest absolute Gasteiger partial charge is 0.496 e. The highest BCUT2D eigenvalue weighted by Crippen LogP contribution is 2.35. The number of methoxy groups -OCH3 is 1. The molecule has 0 heterocycles. The summed E-state index contributed by atoms with van der Waals surface area (Å²) >= 11 is 12.8. The van der Waals surface area contributed by atoms with Crippen molar-refractivity contribution in [3.63, 3.8) is 0 Å². The van der Waals surface area contributed by atoms with Crippen molar-refractivity contribution in [2.75, 3.05) is 7.11 Å². The van der Waals surface area contributed by atoms with Gasteiger partial charge in [0.25, 0.3) is 0 Å². The molecular formula is C17H18Cl2O. The molecule has 0 bridgehead atoms. The molecule has 0 aromatic heterocycles. The first-order valence-corrected chi connectivity index (χ1v) is 7.30. The molecule has 0 aliphatic heterocycles. The minimum Gasteiger partial charge on any atom is -0.496 e. The van der Waals surface area contributed by atoms with Crippen molar-refractivity contribution in [3.8, 4) is 5.75 Å². The van der Waals surface area contributed by atoms with Crippen LogP contribution in [0.5, 0.6) is 5.75 Å². The number of aryl methyl sites for hydroxylation is 3. The van der Waals surface area contributed by atoms with Crippen molar-refractivity contribution in [1.29, 1.82) is 0 Å². The van der Waals surface area contributed by atoms with Gasteiger partial charge in [-0.3, -0.25) is 0 Å². The summed E-state index contributed by atoms with van der Waals surface area (Å²) in [4.78, 5) is 0. The number of hydrogen-bond donors (Lipinski definition) is 0. The minimum atomic E-state index is -0.208. The van der Waals surface area contributed by atoms with Gasteiger partial charge in [0.2, 0.25) is 0 Å². The zero-order valence-electron chi connectivity index (χ0n) is 12.1. The summed E-state index contributed by atoms with van der Waals surface area (Å²) in [6, 6.07) is 10.1. The second kappa shape index (κ2) is 6.07. The molecule has 1 atom stereocenters. The molecule has 1 nitrogen and oxygen atoms in total. The smallest absolute Gasteiger partial charge is 0.122 e. The average molecular weight is 309 g/mol. The Morgan fingerprint density at radius 1 is 0.950 bits per heavy atom. The molecule has 20 heavy (non-hydrogen) atoms. The summed E-state index contributed by atoms with van der Waals surface area (Å²) in [6.45, 7) is 6.04. The Hall–Kier alpha value is -1.18. The van der Waals surface area contributed by atoms with Crippen LogP contribution in [0.1, 0.15) is 33.2 Å². The quantitative estimate of drug-likeness (QED) is 0.670. The predicted octanol–water partition coefficient (Wildman–Crippen LogP) is 5.60. The van der Waals surface area contributed by atoms with Crippen molar-refractivity contribution in [2.45, 2.75) is 26.1 Å². The normalized spacial score (nSPS) is 12.3. The standard InChI is InChI=1S/C17H18Cl2O/c1-10-5-6-13(9-16(10)20-4)17(19)14-7-12(3)15(18)8-11(14)2/h5-9,17H,1-4H3. The van der Waals surface area contributed by atoms with Crippen LogP contribution in [0.4, 0.5) is 0 Å². The fourth-order valence-electron chi connectivity index (χ4n) is 2.25. The highest BCUT2D eigenvalue weighted by atomic mass is 35.5. The predicted molar refractivity (Wildman–Crippen MR) is 86.4 cm³/mol. The van der Waals surface area contributed by atoms with Crippen LogP contribution in [0.25, 0.3) is 0 Å². The molecule has 2 aromatic rings. The lowest BCUT2D eigenvalue weighted by Crippen LogP contribution is -1.99. The van der Waals surface area contributed by atoms with Crippen LogP contribution in [0.15, 0.2) is 30.3 Å². The van der Waals surface area contributed by atoms with Gasteiger partial charge in [-0.15, -0.1) is 11.6 Å². The first kappa shape index (κ1) is 15.2. The second-order valence-electron chi connectivity index (χ2n) is 5.05. The Kier molecular flexibility index (Phi) is 4.62. The Labute approximate surface area is 130 Å². The second-order valence-corrected chi connectivity index (χ2v) is 5.89. The van der Waals surface area contributed by atoms with Gasteiger partial charge >= 0.3 is 0 Å². The summed E-state index contributed by atoms with van der Waals surface area (Å²) in [6.07, 6.45) is 0. The van der Waals surface area contributed by atoms with Crippen molar-refractivity contribution in [3.05, 3.63) is 63.2 Å². The van der Waals surface area contributed by atoms with E-state index < -0.39 is 0 Å². The number of hydrogen-bond acceptors (Lipinski definition) is 1. The maximum Gasteiger partial charge on any atom is 0.122 e. The Morgan fingerprint density at radius 2 is 1.65 bits per heavy atom. The number of ether oxygens (including phenoxy) is 1. The Morgan fingerprint density at radius 3 is 2.30 bits per heavy atom. The molecule has 3 heteroatoms. The number of alkyl halides is 1. The van der Waals surface area contributed by atoms with Gasteiger partial charge in [0.1, 0.15) is 5.75 Å². The van der Waals surface area contributed by atoms with Gasteiger partial charge in [-0.1, -0.05) is 29.8 Å². The molecule has 0 saturated heterocycles. The Balaban J connectivity index is 2.46. The van der Waals surface area contributed by atoms with E-state index in [1.807, 2.05) is 45.0 Å². The third kappa shape index (κ3) is 2.94. The molecule has 2 aromatic carbocycles. The van der Waals surface area contributed by atoms with Crippen LogP contribution in [-0.4, -0.2) is 7.11 Å². The van der Waals surface area contributed by atoms with E-state index in [0.29, 0.717) is 0 Å². The lowest BCUT2D eigenvalue weighted by molar-refractivity contribution is 0.411. The van der Waals surface area contributed by atoms with Gasteiger partial charge in [-0.25, -0.2) is 0 Å². The van der Waals surface area contributed by atoms with Gasteiger partial charge in [0.05, 0.1) is 12.5 Å². The summed E-state index contributed by atoms with van der Waals surface area (Å²) in [5.74, 6) is 0.858. The van der Waals surface area contributed by atoms with Gasteiger partial charge in [-0.05, 0) is 60.7 Å². The van der Waals surface area contributed by atoms with E-state index in [1.54, 1.807) is 7.11 Å². The number of benzene rings is 2. The fraction of sp³-hybridized carbons (Fsp3) is 0.294. The lowest BCUT2D eigenvalue weighted by atomic mass is 9.97.